The molecule has 160 valence electrons. The first-order chi connectivity index (χ1) is 12.5. The second-order valence-corrected chi connectivity index (χ2v) is 5.52. The standard InChI is InChI=1S/C15H13F9O4/c1-8(28-10-4-2-9(25)3-5-10)11(26)27-7-6-12(16,17)13(18,19)14(20,21)15(22,23)24/h2-5,8,25H,6-7H2,1H3/t8-/m1/s1. The van der Waals surface area contributed by atoms with Crippen LogP contribution in [0.5, 0.6) is 11.5 Å². The fraction of sp³-hybridized carbons (Fsp3) is 0.533. The molecular weight excluding hydrogens is 415 g/mol. The van der Waals surface area contributed by atoms with Crippen LogP contribution in [0, 0.1) is 0 Å². The Labute approximate surface area is 151 Å². The first-order valence-electron chi connectivity index (χ1n) is 7.35. The molecule has 0 fully saturated rings. The number of alkyl halides is 9. The molecule has 0 bridgehead atoms. The molecule has 1 N–H and O–H groups in total. The van der Waals surface area contributed by atoms with Crippen LogP contribution in [0.15, 0.2) is 24.3 Å². The van der Waals surface area contributed by atoms with Crippen LogP contribution < -0.4 is 4.74 Å². The number of phenolic OH excluding ortho intramolecular Hbond substituents is 1. The number of carbonyl (C=O) groups excluding carboxylic acids is 1. The Morgan fingerprint density at radius 1 is 0.964 bits per heavy atom. The van der Waals surface area contributed by atoms with Gasteiger partial charge in [0, 0.05) is 0 Å². The predicted octanol–water partition coefficient (Wildman–Crippen LogP) is 4.56. The third-order valence-electron chi connectivity index (χ3n) is 3.35. The van der Waals surface area contributed by atoms with Crippen LogP contribution >= 0.6 is 0 Å². The molecule has 4 nitrogen and oxygen atoms in total. The Morgan fingerprint density at radius 2 is 1.46 bits per heavy atom. The molecule has 0 amide bonds. The maximum Gasteiger partial charge on any atom is 0.460 e. The molecule has 0 aliphatic carbocycles. The molecule has 0 aliphatic heterocycles. The van der Waals surface area contributed by atoms with E-state index in [0.29, 0.717) is 0 Å². The molecule has 0 saturated carbocycles. The second kappa shape index (κ2) is 7.95. The van der Waals surface area contributed by atoms with Gasteiger partial charge in [-0.3, -0.25) is 0 Å². The van der Waals surface area contributed by atoms with Gasteiger partial charge in [-0.2, -0.15) is 39.5 Å². The molecule has 0 radical (unpaired) electrons. The van der Waals surface area contributed by atoms with E-state index < -0.39 is 49.0 Å². The lowest BCUT2D eigenvalue weighted by Crippen LogP contribution is -2.61. The van der Waals surface area contributed by atoms with E-state index in [2.05, 4.69) is 4.74 Å². The smallest absolute Gasteiger partial charge is 0.460 e. The van der Waals surface area contributed by atoms with Gasteiger partial charge in [-0.1, -0.05) is 0 Å². The molecule has 0 saturated heterocycles. The Morgan fingerprint density at radius 3 is 1.93 bits per heavy atom. The van der Waals surface area contributed by atoms with Gasteiger partial charge in [0.05, 0.1) is 13.0 Å². The van der Waals surface area contributed by atoms with Gasteiger partial charge in [0.25, 0.3) is 0 Å². The Bertz CT molecular complexity index is 671. The summed E-state index contributed by atoms with van der Waals surface area (Å²) in [5, 5.41) is 9.06. The minimum atomic E-state index is -7.00. The molecule has 28 heavy (non-hydrogen) atoms. The molecule has 0 heterocycles. The molecule has 0 unspecified atom stereocenters. The van der Waals surface area contributed by atoms with Crippen LogP contribution in [-0.2, 0) is 9.53 Å². The van der Waals surface area contributed by atoms with Crippen molar-refractivity contribution < 1.29 is 58.9 Å². The van der Waals surface area contributed by atoms with Crippen molar-refractivity contribution in [1.82, 2.24) is 0 Å². The number of benzene rings is 1. The summed E-state index contributed by atoms with van der Waals surface area (Å²) in [4.78, 5) is 11.5. The molecule has 0 aliphatic rings. The lowest BCUT2D eigenvalue weighted by atomic mass is 10.0. The van der Waals surface area contributed by atoms with Crippen LogP contribution in [0.25, 0.3) is 0 Å². The summed E-state index contributed by atoms with van der Waals surface area (Å²) in [7, 11) is 0. The number of halogens is 9. The van der Waals surface area contributed by atoms with Gasteiger partial charge in [-0.05, 0) is 31.2 Å². The summed E-state index contributed by atoms with van der Waals surface area (Å²) in [6, 6.07) is 4.79. The van der Waals surface area contributed by atoms with Crippen LogP contribution in [0.4, 0.5) is 39.5 Å². The molecule has 1 aromatic rings. The van der Waals surface area contributed by atoms with E-state index in [1.54, 1.807) is 0 Å². The molecule has 1 atom stereocenters. The fourth-order valence-electron chi connectivity index (χ4n) is 1.74. The summed E-state index contributed by atoms with van der Waals surface area (Å²) in [5.41, 5.74) is 0. The zero-order valence-corrected chi connectivity index (χ0v) is 13.9. The van der Waals surface area contributed by atoms with Crippen LogP contribution in [-0.4, -0.2) is 47.7 Å². The number of carbonyl (C=O) groups is 1. The normalized spacial score (nSPS) is 14.5. The van der Waals surface area contributed by atoms with E-state index in [4.69, 9.17) is 9.84 Å². The minimum absolute atomic E-state index is 0.0314. The third-order valence-corrected chi connectivity index (χ3v) is 3.35. The topological polar surface area (TPSA) is 55.8 Å². The number of hydrogen-bond donors (Lipinski definition) is 1. The zero-order chi connectivity index (χ0) is 22.0. The average molecular weight is 428 g/mol. The molecular formula is C15H13F9O4. The first kappa shape index (κ1) is 23.7. The lowest BCUT2D eigenvalue weighted by molar-refractivity contribution is -0.397. The minimum Gasteiger partial charge on any atom is -0.508 e. The van der Waals surface area contributed by atoms with Crippen LogP contribution in [0.3, 0.4) is 0 Å². The highest BCUT2D eigenvalue weighted by Gasteiger charge is 2.81. The highest BCUT2D eigenvalue weighted by Crippen LogP contribution is 2.53. The van der Waals surface area contributed by atoms with Crippen molar-refractivity contribution in [2.24, 2.45) is 0 Å². The zero-order valence-electron chi connectivity index (χ0n) is 13.9. The maximum atomic E-state index is 13.3. The van der Waals surface area contributed by atoms with Gasteiger partial charge in [-0.15, -0.1) is 0 Å². The van der Waals surface area contributed by atoms with Crippen molar-refractivity contribution in [3.8, 4) is 11.5 Å². The summed E-state index contributed by atoms with van der Waals surface area (Å²) in [6.45, 7) is -0.502. The molecule has 0 aromatic heterocycles. The van der Waals surface area contributed by atoms with E-state index in [9.17, 15) is 44.3 Å². The van der Waals surface area contributed by atoms with Gasteiger partial charge in [0.1, 0.15) is 11.5 Å². The summed E-state index contributed by atoms with van der Waals surface area (Å²) < 4.78 is 123. The van der Waals surface area contributed by atoms with E-state index in [-0.39, 0.29) is 11.5 Å². The Balaban J connectivity index is 2.67. The number of ether oxygens (including phenoxy) is 2. The van der Waals surface area contributed by atoms with E-state index >= 15 is 0 Å². The quantitative estimate of drug-likeness (QED) is 0.487. The number of hydrogen-bond acceptors (Lipinski definition) is 4. The SMILES string of the molecule is C[C@@H](Oc1ccc(O)cc1)C(=O)OCCC(F)(F)C(F)(F)C(F)(F)C(F)(F)F. The third kappa shape index (κ3) is 4.93. The van der Waals surface area contributed by atoms with Crippen molar-refractivity contribution in [1.29, 1.82) is 0 Å². The first-order valence-corrected chi connectivity index (χ1v) is 7.35. The van der Waals surface area contributed by atoms with Crippen LogP contribution in [0.1, 0.15) is 13.3 Å². The molecule has 0 spiro atoms. The number of esters is 1. The van der Waals surface area contributed by atoms with Crippen molar-refractivity contribution in [3.05, 3.63) is 24.3 Å². The number of phenols is 1. The van der Waals surface area contributed by atoms with Crippen molar-refractivity contribution in [2.75, 3.05) is 6.61 Å². The van der Waals surface area contributed by atoms with Gasteiger partial charge < -0.3 is 14.6 Å². The molecule has 13 heteroatoms. The average Bonchev–Trinajstić information content (AvgIpc) is 2.55. The van der Waals surface area contributed by atoms with Gasteiger partial charge in [-0.25, -0.2) is 4.79 Å². The largest absolute Gasteiger partial charge is 0.508 e. The fourth-order valence-corrected chi connectivity index (χ4v) is 1.74. The molecule has 1 rings (SSSR count). The van der Waals surface area contributed by atoms with Crippen molar-refractivity contribution >= 4 is 5.97 Å². The van der Waals surface area contributed by atoms with Gasteiger partial charge in [0.15, 0.2) is 6.10 Å². The monoisotopic (exact) mass is 428 g/mol. The second-order valence-electron chi connectivity index (χ2n) is 5.52. The highest BCUT2D eigenvalue weighted by atomic mass is 19.4. The van der Waals surface area contributed by atoms with E-state index in [1.807, 2.05) is 0 Å². The van der Waals surface area contributed by atoms with Crippen molar-refractivity contribution in [2.45, 2.75) is 43.4 Å². The number of aromatic hydroxyl groups is 1. The Hall–Kier alpha value is -2.34. The van der Waals surface area contributed by atoms with Gasteiger partial charge >= 0.3 is 29.9 Å². The van der Waals surface area contributed by atoms with E-state index in [0.717, 1.165) is 6.92 Å². The van der Waals surface area contributed by atoms with Crippen LogP contribution in [0.2, 0.25) is 0 Å². The highest BCUT2D eigenvalue weighted by molar-refractivity contribution is 5.74. The predicted molar refractivity (Wildman–Crippen MR) is 74.7 cm³/mol. The summed E-state index contributed by atoms with van der Waals surface area (Å²) >= 11 is 0. The summed E-state index contributed by atoms with van der Waals surface area (Å²) in [6.07, 6.45) is -10.7. The van der Waals surface area contributed by atoms with Gasteiger partial charge in [0.2, 0.25) is 0 Å². The maximum absolute atomic E-state index is 13.3. The molecule has 1 aromatic carbocycles. The van der Waals surface area contributed by atoms with E-state index in [1.165, 1.54) is 24.3 Å². The van der Waals surface area contributed by atoms with Crippen molar-refractivity contribution in [3.63, 3.8) is 0 Å². The number of rotatable bonds is 8. The summed E-state index contributed by atoms with van der Waals surface area (Å²) in [5.74, 6) is -21.1. The lowest BCUT2D eigenvalue weighted by Gasteiger charge is -2.33. The Kier molecular flexibility index (Phi) is 6.73.